The summed E-state index contributed by atoms with van der Waals surface area (Å²) in [4.78, 5) is 23.5. The largest absolute Gasteiger partial charge is 0.360 e. The Morgan fingerprint density at radius 2 is 1.96 bits per heavy atom. The molecule has 2 N–H and O–H groups in total. The number of nitrogens with one attached hydrogen (secondary N) is 2. The van der Waals surface area contributed by atoms with Crippen LogP contribution in [0.4, 0.5) is 11.4 Å². The highest BCUT2D eigenvalue weighted by Crippen LogP contribution is 2.27. The minimum atomic E-state index is -0.309. The first kappa shape index (κ1) is 17.0. The van der Waals surface area contributed by atoms with Crippen molar-refractivity contribution in [3.05, 3.63) is 40.2 Å². The highest BCUT2D eigenvalue weighted by Gasteiger charge is 2.22. The number of anilines is 2. The van der Waals surface area contributed by atoms with Crippen LogP contribution in [-0.2, 0) is 4.79 Å². The molecular formula is C16H18ClN3O3. The SMILES string of the molecule is CC(=O)Nc1ccc(NC(=O)c2c(C)noc2C(C)C)cc1Cl. The van der Waals surface area contributed by atoms with Crippen molar-refractivity contribution in [1.29, 1.82) is 0 Å². The van der Waals surface area contributed by atoms with Crippen LogP contribution in [-0.4, -0.2) is 17.0 Å². The molecule has 23 heavy (non-hydrogen) atoms. The summed E-state index contributed by atoms with van der Waals surface area (Å²) in [5.41, 5.74) is 1.97. The third kappa shape index (κ3) is 3.90. The predicted octanol–water partition coefficient (Wildman–Crippen LogP) is 3.97. The van der Waals surface area contributed by atoms with Crippen molar-refractivity contribution in [2.24, 2.45) is 0 Å². The summed E-state index contributed by atoms with van der Waals surface area (Å²) in [6, 6.07) is 4.86. The lowest BCUT2D eigenvalue weighted by Crippen LogP contribution is -2.15. The molecule has 122 valence electrons. The highest BCUT2D eigenvalue weighted by molar-refractivity contribution is 6.34. The topological polar surface area (TPSA) is 84.2 Å². The Balaban J connectivity index is 2.23. The van der Waals surface area contributed by atoms with Crippen LogP contribution >= 0.6 is 11.6 Å². The number of rotatable bonds is 4. The van der Waals surface area contributed by atoms with Crippen molar-refractivity contribution >= 4 is 34.8 Å². The van der Waals surface area contributed by atoms with E-state index in [2.05, 4.69) is 15.8 Å². The van der Waals surface area contributed by atoms with Gasteiger partial charge in [0.05, 0.1) is 16.4 Å². The van der Waals surface area contributed by atoms with Gasteiger partial charge in [-0.25, -0.2) is 0 Å². The van der Waals surface area contributed by atoms with Gasteiger partial charge in [0.1, 0.15) is 5.56 Å². The molecular weight excluding hydrogens is 318 g/mol. The number of aryl methyl sites for hydroxylation is 1. The molecule has 2 aromatic rings. The van der Waals surface area contributed by atoms with Crippen LogP contribution in [0.3, 0.4) is 0 Å². The minimum absolute atomic E-state index is 0.0441. The van der Waals surface area contributed by atoms with E-state index in [4.69, 9.17) is 16.1 Å². The molecule has 0 aliphatic carbocycles. The number of halogens is 1. The molecule has 0 aliphatic rings. The first-order valence-corrected chi connectivity index (χ1v) is 7.52. The van der Waals surface area contributed by atoms with Gasteiger partial charge in [-0.15, -0.1) is 0 Å². The summed E-state index contributed by atoms with van der Waals surface area (Å²) in [6.07, 6.45) is 0. The van der Waals surface area contributed by atoms with Gasteiger partial charge >= 0.3 is 0 Å². The summed E-state index contributed by atoms with van der Waals surface area (Å²) < 4.78 is 5.22. The normalized spacial score (nSPS) is 10.7. The second kappa shape index (κ2) is 6.83. The first-order valence-electron chi connectivity index (χ1n) is 7.14. The molecule has 0 saturated heterocycles. The lowest BCUT2D eigenvalue weighted by molar-refractivity contribution is -0.114. The summed E-state index contributed by atoms with van der Waals surface area (Å²) in [7, 11) is 0. The van der Waals surface area contributed by atoms with Gasteiger partial charge in [-0.3, -0.25) is 9.59 Å². The molecule has 0 aliphatic heterocycles. The molecule has 7 heteroatoms. The molecule has 6 nitrogen and oxygen atoms in total. The lowest BCUT2D eigenvalue weighted by atomic mass is 10.0. The second-order valence-corrected chi connectivity index (χ2v) is 5.90. The van der Waals surface area contributed by atoms with E-state index in [1.54, 1.807) is 25.1 Å². The third-order valence-electron chi connectivity index (χ3n) is 3.18. The number of carbonyl (C=O) groups is 2. The smallest absolute Gasteiger partial charge is 0.261 e. The van der Waals surface area contributed by atoms with Crippen LogP contribution in [0, 0.1) is 6.92 Å². The molecule has 0 bridgehead atoms. The lowest BCUT2D eigenvalue weighted by Gasteiger charge is -2.10. The molecule has 0 radical (unpaired) electrons. The van der Waals surface area contributed by atoms with E-state index in [-0.39, 0.29) is 17.7 Å². The van der Waals surface area contributed by atoms with Gasteiger partial charge in [-0.05, 0) is 25.1 Å². The van der Waals surface area contributed by atoms with Crippen LogP contribution in [0.1, 0.15) is 48.5 Å². The Morgan fingerprint density at radius 1 is 1.26 bits per heavy atom. The van der Waals surface area contributed by atoms with Crippen molar-refractivity contribution in [1.82, 2.24) is 5.16 Å². The summed E-state index contributed by atoms with van der Waals surface area (Å²) in [5.74, 6) is 0.0600. The molecule has 0 saturated carbocycles. The summed E-state index contributed by atoms with van der Waals surface area (Å²) in [6.45, 7) is 6.97. The van der Waals surface area contributed by atoms with Crippen LogP contribution < -0.4 is 10.6 Å². The number of nitrogens with zero attached hydrogens (tertiary/aromatic N) is 1. The van der Waals surface area contributed by atoms with Crippen molar-refractivity contribution in [3.8, 4) is 0 Å². The Morgan fingerprint density at radius 3 is 2.52 bits per heavy atom. The van der Waals surface area contributed by atoms with E-state index in [0.717, 1.165) is 0 Å². The fourth-order valence-electron chi connectivity index (χ4n) is 2.13. The van der Waals surface area contributed by atoms with Crippen molar-refractivity contribution in [3.63, 3.8) is 0 Å². The standard InChI is InChI=1S/C16H18ClN3O3/c1-8(2)15-14(9(3)20-23-15)16(22)19-11-5-6-13(12(17)7-11)18-10(4)21/h5-8H,1-4H3,(H,18,21)(H,19,22). The number of aromatic nitrogens is 1. The minimum Gasteiger partial charge on any atom is -0.360 e. The molecule has 1 aromatic carbocycles. The van der Waals surface area contributed by atoms with Crippen LogP contribution in [0.2, 0.25) is 5.02 Å². The maximum Gasteiger partial charge on any atom is 0.261 e. The number of hydrogen-bond acceptors (Lipinski definition) is 4. The maximum absolute atomic E-state index is 12.5. The fourth-order valence-corrected chi connectivity index (χ4v) is 2.36. The Kier molecular flexibility index (Phi) is 5.05. The molecule has 1 aromatic heterocycles. The zero-order valence-corrected chi connectivity index (χ0v) is 14.1. The van der Waals surface area contributed by atoms with Crippen LogP contribution in [0.5, 0.6) is 0 Å². The number of hydrogen-bond donors (Lipinski definition) is 2. The summed E-state index contributed by atoms with van der Waals surface area (Å²) >= 11 is 6.10. The third-order valence-corrected chi connectivity index (χ3v) is 3.49. The zero-order valence-electron chi connectivity index (χ0n) is 13.4. The molecule has 2 rings (SSSR count). The predicted molar refractivity (Wildman–Crippen MR) is 89.0 cm³/mol. The van der Waals surface area contributed by atoms with Crippen LogP contribution in [0.25, 0.3) is 0 Å². The number of amides is 2. The molecule has 2 amide bonds. The van der Waals surface area contributed by atoms with Gasteiger partial charge in [-0.1, -0.05) is 30.6 Å². The van der Waals surface area contributed by atoms with Gasteiger partial charge in [0.2, 0.25) is 5.91 Å². The Hall–Kier alpha value is -2.34. The van der Waals surface area contributed by atoms with E-state index in [1.165, 1.54) is 6.92 Å². The van der Waals surface area contributed by atoms with Gasteiger partial charge < -0.3 is 15.2 Å². The molecule has 0 atom stereocenters. The molecule has 1 heterocycles. The van der Waals surface area contributed by atoms with Crippen molar-refractivity contribution in [2.75, 3.05) is 10.6 Å². The molecule has 0 unspecified atom stereocenters. The zero-order chi connectivity index (χ0) is 17.1. The van der Waals surface area contributed by atoms with Crippen molar-refractivity contribution < 1.29 is 14.1 Å². The Labute approximate surface area is 139 Å². The van der Waals surface area contributed by atoms with Crippen molar-refractivity contribution in [2.45, 2.75) is 33.6 Å². The van der Waals surface area contributed by atoms with E-state index in [1.807, 2.05) is 13.8 Å². The van der Waals surface area contributed by atoms with Gasteiger partial charge in [-0.2, -0.15) is 0 Å². The monoisotopic (exact) mass is 335 g/mol. The van der Waals surface area contributed by atoms with E-state index in [0.29, 0.717) is 33.4 Å². The average molecular weight is 336 g/mol. The molecule has 0 fully saturated rings. The maximum atomic E-state index is 12.5. The Bertz CT molecular complexity index is 753. The summed E-state index contributed by atoms with van der Waals surface area (Å²) in [5, 5.41) is 9.56. The van der Waals surface area contributed by atoms with Crippen LogP contribution in [0.15, 0.2) is 22.7 Å². The van der Waals surface area contributed by atoms with E-state index in [9.17, 15) is 9.59 Å². The first-order chi connectivity index (χ1) is 10.8. The number of carbonyl (C=O) groups excluding carboxylic acids is 2. The molecule has 0 spiro atoms. The van der Waals surface area contributed by atoms with E-state index < -0.39 is 0 Å². The van der Waals surface area contributed by atoms with Gasteiger partial charge in [0.15, 0.2) is 5.76 Å². The van der Waals surface area contributed by atoms with Gasteiger partial charge in [0, 0.05) is 18.5 Å². The highest BCUT2D eigenvalue weighted by atomic mass is 35.5. The number of benzene rings is 1. The van der Waals surface area contributed by atoms with E-state index >= 15 is 0 Å². The van der Waals surface area contributed by atoms with Gasteiger partial charge in [0.25, 0.3) is 5.91 Å². The average Bonchev–Trinajstić information content (AvgIpc) is 2.83. The quantitative estimate of drug-likeness (QED) is 0.885. The fraction of sp³-hybridized carbons (Fsp3) is 0.312. The second-order valence-electron chi connectivity index (χ2n) is 5.49.